The van der Waals surface area contributed by atoms with Crippen LogP contribution in [0.2, 0.25) is 0 Å². The van der Waals surface area contributed by atoms with E-state index < -0.39 is 0 Å². The van der Waals surface area contributed by atoms with Crippen LogP contribution in [-0.4, -0.2) is 42.0 Å². The summed E-state index contributed by atoms with van der Waals surface area (Å²) < 4.78 is 13.4. The molecule has 0 aliphatic rings. The molecule has 0 aliphatic heterocycles. The molecule has 0 unspecified atom stereocenters. The molecule has 0 fully saturated rings. The molecule has 3 nitrogen and oxygen atoms in total. The van der Waals surface area contributed by atoms with E-state index >= 15 is 0 Å². The summed E-state index contributed by atoms with van der Waals surface area (Å²) in [6.45, 7) is 3.57. The van der Waals surface area contributed by atoms with E-state index in [2.05, 4.69) is 0 Å². The largest absolute Gasteiger partial charge is 0.395 e. The third kappa shape index (κ3) is 4.94. The number of aliphatic hydroxyl groups is 1. The van der Waals surface area contributed by atoms with Crippen molar-refractivity contribution in [1.82, 2.24) is 4.90 Å². The van der Waals surface area contributed by atoms with E-state index in [0.717, 1.165) is 13.0 Å². The summed E-state index contributed by atoms with van der Waals surface area (Å²) in [4.78, 5) is 13.7. The Bertz CT molecular complexity index is 376. The van der Waals surface area contributed by atoms with E-state index in [4.69, 9.17) is 5.11 Å². The molecule has 18 heavy (non-hydrogen) atoms. The van der Waals surface area contributed by atoms with Crippen LogP contribution in [0.4, 0.5) is 4.39 Å². The van der Waals surface area contributed by atoms with Gasteiger partial charge in [0.25, 0.3) is 0 Å². The van der Waals surface area contributed by atoms with Gasteiger partial charge in [-0.3, -0.25) is 9.69 Å². The van der Waals surface area contributed by atoms with Gasteiger partial charge in [0.05, 0.1) is 13.2 Å². The van der Waals surface area contributed by atoms with Gasteiger partial charge in [-0.2, -0.15) is 0 Å². The van der Waals surface area contributed by atoms with Gasteiger partial charge in [-0.25, -0.2) is 4.39 Å². The Balaban J connectivity index is 2.52. The van der Waals surface area contributed by atoms with E-state index in [1.807, 2.05) is 11.8 Å². The first-order chi connectivity index (χ1) is 8.67. The SMILES string of the molecule is CCCN(CCO)CC(=O)Cc1ccccc1F. The van der Waals surface area contributed by atoms with Crippen LogP contribution in [0.3, 0.4) is 0 Å². The van der Waals surface area contributed by atoms with Crippen molar-refractivity contribution in [2.24, 2.45) is 0 Å². The topological polar surface area (TPSA) is 40.5 Å². The number of benzene rings is 1. The van der Waals surface area contributed by atoms with Crippen molar-refractivity contribution < 1.29 is 14.3 Å². The summed E-state index contributed by atoms with van der Waals surface area (Å²) in [5.74, 6) is -0.364. The zero-order valence-electron chi connectivity index (χ0n) is 10.7. The number of aliphatic hydroxyl groups excluding tert-OH is 1. The molecule has 0 saturated heterocycles. The zero-order valence-corrected chi connectivity index (χ0v) is 10.7. The maximum absolute atomic E-state index is 13.4. The van der Waals surface area contributed by atoms with Crippen molar-refractivity contribution >= 4 is 5.78 Å². The van der Waals surface area contributed by atoms with Gasteiger partial charge in [0.15, 0.2) is 5.78 Å². The highest BCUT2D eigenvalue weighted by Gasteiger charge is 2.12. The Morgan fingerprint density at radius 1 is 1.33 bits per heavy atom. The number of nitrogens with zero attached hydrogens (tertiary/aromatic N) is 1. The van der Waals surface area contributed by atoms with Gasteiger partial charge in [0.2, 0.25) is 0 Å². The summed E-state index contributed by atoms with van der Waals surface area (Å²) in [6, 6.07) is 6.32. The van der Waals surface area contributed by atoms with Crippen molar-refractivity contribution in [3.63, 3.8) is 0 Å². The fraction of sp³-hybridized carbons (Fsp3) is 0.500. The van der Waals surface area contributed by atoms with Crippen LogP contribution < -0.4 is 0 Å². The first-order valence-corrected chi connectivity index (χ1v) is 6.25. The van der Waals surface area contributed by atoms with Gasteiger partial charge in [-0.1, -0.05) is 25.1 Å². The minimum Gasteiger partial charge on any atom is -0.395 e. The number of carbonyl (C=O) groups excluding carboxylic acids is 1. The van der Waals surface area contributed by atoms with Crippen molar-refractivity contribution in [1.29, 1.82) is 0 Å². The van der Waals surface area contributed by atoms with E-state index in [9.17, 15) is 9.18 Å². The second-order valence-corrected chi connectivity index (χ2v) is 4.31. The highest BCUT2D eigenvalue weighted by Crippen LogP contribution is 2.08. The smallest absolute Gasteiger partial charge is 0.151 e. The monoisotopic (exact) mass is 253 g/mol. The molecule has 100 valence electrons. The Hall–Kier alpha value is -1.26. The van der Waals surface area contributed by atoms with Crippen LogP contribution in [0, 0.1) is 5.82 Å². The lowest BCUT2D eigenvalue weighted by Crippen LogP contribution is -2.33. The van der Waals surface area contributed by atoms with Gasteiger partial charge in [-0.15, -0.1) is 0 Å². The van der Waals surface area contributed by atoms with E-state index in [0.29, 0.717) is 12.1 Å². The number of carbonyl (C=O) groups is 1. The molecule has 1 N–H and O–H groups in total. The van der Waals surface area contributed by atoms with Gasteiger partial charge in [0, 0.05) is 13.0 Å². The lowest BCUT2D eigenvalue weighted by molar-refractivity contribution is -0.119. The number of hydrogen-bond donors (Lipinski definition) is 1. The molecule has 0 saturated carbocycles. The summed E-state index contributed by atoms with van der Waals surface area (Å²) >= 11 is 0. The average molecular weight is 253 g/mol. The van der Waals surface area contributed by atoms with Crippen molar-refractivity contribution in [3.8, 4) is 0 Å². The quantitative estimate of drug-likeness (QED) is 0.765. The van der Waals surface area contributed by atoms with Crippen molar-refractivity contribution in [2.75, 3.05) is 26.2 Å². The second-order valence-electron chi connectivity index (χ2n) is 4.31. The number of rotatable bonds is 8. The predicted octanol–water partition coefficient (Wildman–Crippen LogP) is 1.64. The first-order valence-electron chi connectivity index (χ1n) is 6.25. The lowest BCUT2D eigenvalue weighted by atomic mass is 10.1. The Morgan fingerprint density at radius 2 is 2.06 bits per heavy atom. The van der Waals surface area contributed by atoms with Gasteiger partial charge >= 0.3 is 0 Å². The summed E-state index contributed by atoms with van der Waals surface area (Å²) in [5.41, 5.74) is 0.433. The zero-order chi connectivity index (χ0) is 13.4. The van der Waals surface area contributed by atoms with Crippen LogP contribution in [0.1, 0.15) is 18.9 Å². The summed E-state index contributed by atoms with van der Waals surface area (Å²) in [6.07, 6.45) is 1.03. The Labute approximate surface area is 107 Å². The fourth-order valence-electron chi connectivity index (χ4n) is 1.89. The molecule has 0 heterocycles. The third-order valence-corrected chi connectivity index (χ3v) is 2.70. The minimum atomic E-state index is -0.338. The molecule has 4 heteroatoms. The molecule has 1 aromatic carbocycles. The number of ketones is 1. The van der Waals surface area contributed by atoms with E-state index in [1.165, 1.54) is 6.07 Å². The lowest BCUT2D eigenvalue weighted by Gasteiger charge is -2.19. The maximum Gasteiger partial charge on any atom is 0.151 e. The number of Topliss-reactive ketones (excluding diaryl/α,β-unsaturated/α-hetero) is 1. The molecule has 1 aromatic rings. The number of hydrogen-bond acceptors (Lipinski definition) is 3. The first kappa shape index (κ1) is 14.8. The van der Waals surface area contributed by atoms with Crippen LogP contribution >= 0.6 is 0 Å². The minimum absolute atomic E-state index is 0.0259. The second kappa shape index (κ2) is 7.95. The normalized spacial score (nSPS) is 10.9. The Morgan fingerprint density at radius 3 is 2.67 bits per heavy atom. The van der Waals surface area contributed by atoms with Crippen LogP contribution in [0.25, 0.3) is 0 Å². The van der Waals surface area contributed by atoms with Crippen LogP contribution in [-0.2, 0) is 11.2 Å². The molecule has 1 rings (SSSR count). The van der Waals surface area contributed by atoms with Crippen molar-refractivity contribution in [3.05, 3.63) is 35.6 Å². The molecule has 0 aliphatic carbocycles. The maximum atomic E-state index is 13.4. The van der Waals surface area contributed by atoms with E-state index in [-0.39, 0.29) is 31.2 Å². The molecule has 0 aromatic heterocycles. The van der Waals surface area contributed by atoms with Gasteiger partial charge in [-0.05, 0) is 24.6 Å². The van der Waals surface area contributed by atoms with Crippen LogP contribution in [0.5, 0.6) is 0 Å². The van der Waals surface area contributed by atoms with Gasteiger partial charge in [0.1, 0.15) is 5.82 Å². The highest BCUT2D eigenvalue weighted by atomic mass is 19.1. The molecule has 0 radical (unpaired) electrons. The average Bonchev–Trinajstić information content (AvgIpc) is 2.33. The van der Waals surface area contributed by atoms with Gasteiger partial charge < -0.3 is 5.11 Å². The third-order valence-electron chi connectivity index (χ3n) is 2.70. The highest BCUT2D eigenvalue weighted by molar-refractivity contribution is 5.82. The molecule has 0 atom stereocenters. The molecule has 0 amide bonds. The van der Waals surface area contributed by atoms with E-state index in [1.54, 1.807) is 18.2 Å². The standard InChI is InChI=1S/C14H20FNO2/c1-2-7-16(8-9-17)11-13(18)10-12-5-3-4-6-14(12)15/h3-6,17H,2,7-11H2,1H3. The fourth-order valence-corrected chi connectivity index (χ4v) is 1.89. The Kier molecular flexibility index (Phi) is 6.54. The number of halogens is 1. The predicted molar refractivity (Wildman–Crippen MR) is 68.9 cm³/mol. The molecular weight excluding hydrogens is 233 g/mol. The molecule has 0 bridgehead atoms. The molecular formula is C14H20FNO2. The molecule has 0 spiro atoms. The van der Waals surface area contributed by atoms with Crippen molar-refractivity contribution in [2.45, 2.75) is 19.8 Å². The van der Waals surface area contributed by atoms with Crippen LogP contribution in [0.15, 0.2) is 24.3 Å². The summed E-state index contributed by atoms with van der Waals surface area (Å²) in [7, 11) is 0. The summed E-state index contributed by atoms with van der Waals surface area (Å²) in [5, 5.41) is 8.90.